The standard InChI is InChI=1S/C15H22N2O4/c1-17-10-9-16-12(17)7-8-15(13(18)19,14(20)21-2)11-5-3-4-6-11/h9-11H,3-8H2,1-2H3,(H,18,19). The molecule has 1 aromatic rings. The number of esters is 1. The van der Waals surface area contributed by atoms with E-state index in [1.165, 1.54) is 7.11 Å². The molecule has 0 radical (unpaired) electrons. The van der Waals surface area contributed by atoms with Crippen LogP contribution in [-0.4, -0.2) is 33.7 Å². The first-order chi connectivity index (χ1) is 10.0. The van der Waals surface area contributed by atoms with E-state index in [-0.39, 0.29) is 12.3 Å². The lowest BCUT2D eigenvalue weighted by Gasteiger charge is -2.32. The van der Waals surface area contributed by atoms with Crippen molar-refractivity contribution in [2.24, 2.45) is 18.4 Å². The SMILES string of the molecule is COC(=O)C(CCc1nccn1C)(C(=O)O)C1CCCC1. The smallest absolute Gasteiger partial charge is 0.323 e. The second-order valence-electron chi connectivity index (χ2n) is 5.70. The maximum Gasteiger partial charge on any atom is 0.323 e. The zero-order valence-electron chi connectivity index (χ0n) is 12.5. The van der Waals surface area contributed by atoms with Crippen LogP contribution in [0.15, 0.2) is 12.4 Å². The van der Waals surface area contributed by atoms with E-state index in [4.69, 9.17) is 4.74 Å². The van der Waals surface area contributed by atoms with E-state index in [1.807, 2.05) is 17.8 Å². The third-order valence-corrected chi connectivity index (χ3v) is 4.65. The van der Waals surface area contributed by atoms with Crippen LogP contribution in [0.4, 0.5) is 0 Å². The van der Waals surface area contributed by atoms with Crippen molar-refractivity contribution in [3.8, 4) is 0 Å². The van der Waals surface area contributed by atoms with Gasteiger partial charge in [-0.2, -0.15) is 0 Å². The summed E-state index contributed by atoms with van der Waals surface area (Å²) in [6, 6.07) is 0. The number of hydrogen-bond donors (Lipinski definition) is 1. The molecule has 0 aromatic carbocycles. The molecule has 0 saturated heterocycles. The fourth-order valence-electron chi connectivity index (χ4n) is 3.39. The topological polar surface area (TPSA) is 81.4 Å². The Labute approximate surface area is 124 Å². The number of methoxy groups -OCH3 is 1. The molecule has 1 aliphatic rings. The number of nitrogens with zero attached hydrogens (tertiary/aromatic N) is 2. The molecule has 0 bridgehead atoms. The number of rotatable bonds is 6. The summed E-state index contributed by atoms with van der Waals surface area (Å²) < 4.78 is 6.69. The van der Waals surface area contributed by atoms with Crippen molar-refractivity contribution in [1.29, 1.82) is 0 Å². The maximum atomic E-state index is 12.3. The zero-order valence-corrected chi connectivity index (χ0v) is 12.5. The molecule has 116 valence electrons. The Hall–Kier alpha value is -1.85. The van der Waals surface area contributed by atoms with Gasteiger partial charge in [-0.3, -0.25) is 9.59 Å². The van der Waals surface area contributed by atoms with Crippen molar-refractivity contribution < 1.29 is 19.4 Å². The number of carboxylic acid groups (broad SMARTS) is 1. The van der Waals surface area contributed by atoms with E-state index >= 15 is 0 Å². The van der Waals surface area contributed by atoms with E-state index in [9.17, 15) is 14.7 Å². The summed E-state index contributed by atoms with van der Waals surface area (Å²) >= 11 is 0. The Bertz CT molecular complexity index is 519. The molecule has 0 amide bonds. The van der Waals surface area contributed by atoms with Gasteiger partial charge < -0.3 is 14.4 Å². The number of ether oxygens (including phenoxy) is 1. The molecule has 1 fully saturated rings. The van der Waals surface area contributed by atoms with Crippen LogP contribution in [0.2, 0.25) is 0 Å². The van der Waals surface area contributed by atoms with Gasteiger partial charge in [-0.05, 0) is 25.2 Å². The third kappa shape index (κ3) is 2.80. The number of hydrogen-bond acceptors (Lipinski definition) is 4. The minimum atomic E-state index is -1.45. The highest BCUT2D eigenvalue weighted by molar-refractivity contribution is 5.99. The largest absolute Gasteiger partial charge is 0.480 e. The molecule has 1 aromatic heterocycles. The molecule has 0 spiro atoms. The van der Waals surface area contributed by atoms with Gasteiger partial charge in [0.05, 0.1) is 7.11 Å². The number of carbonyl (C=O) groups excluding carboxylic acids is 1. The summed E-state index contributed by atoms with van der Waals surface area (Å²) in [5.41, 5.74) is -1.45. The molecule has 1 heterocycles. The van der Waals surface area contributed by atoms with Crippen LogP contribution in [0, 0.1) is 11.3 Å². The van der Waals surface area contributed by atoms with Gasteiger partial charge >= 0.3 is 11.9 Å². The van der Waals surface area contributed by atoms with Gasteiger partial charge in [0.2, 0.25) is 0 Å². The van der Waals surface area contributed by atoms with E-state index in [0.717, 1.165) is 31.5 Å². The molecule has 1 unspecified atom stereocenters. The summed E-state index contributed by atoms with van der Waals surface area (Å²) in [6.07, 6.45) is 7.63. The van der Waals surface area contributed by atoms with Crippen LogP contribution in [0.25, 0.3) is 0 Å². The Morgan fingerprint density at radius 1 is 1.48 bits per heavy atom. The van der Waals surface area contributed by atoms with Crippen LogP contribution in [0.5, 0.6) is 0 Å². The molecule has 1 atom stereocenters. The van der Waals surface area contributed by atoms with Gasteiger partial charge in [-0.15, -0.1) is 0 Å². The second-order valence-corrected chi connectivity index (χ2v) is 5.70. The number of carboxylic acids is 1. The van der Waals surface area contributed by atoms with Crippen molar-refractivity contribution in [3.05, 3.63) is 18.2 Å². The monoisotopic (exact) mass is 294 g/mol. The van der Waals surface area contributed by atoms with Gasteiger partial charge in [-0.25, -0.2) is 4.98 Å². The van der Waals surface area contributed by atoms with E-state index < -0.39 is 17.4 Å². The number of aliphatic carboxylic acids is 1. The minimum Gasteiger partial charge on any atom is -0.480 e. The normalized spacial score (nSPS) is 18.4. The van der Waals surface area contributed by atoms with Crippen molar-refractivity contribution in [2.45, 2.75) is 38.5 Å². The van der Waals surface area contributed by atoms with E-state index in [0.29, 0.717) is 6.42 Å². The molecular weight excluding hydrogens is 272 g/mol. The Kier molecular flexibility index (Phi) is 4.65. The molecule has 6 nitrogen and oxygen atoms in total. The van der Waals surface area contributed by atoms with E-state index in [2.05, 4.69) is 4.98 Å². The number of aryl methyl sites for hydroxylation is 2. The molecule has 0 aliphatic heterocycles. The molecule has 1 aliphatic carbocycles. The first-order valence-electron chi connectivity index (χ1n) is 7.30. The molecule has 2 rings (SSSR count). The first-order valence-corrected chi connectivity index (χ1v) is 7.30. The fourth-order valence-corrected chi connectivity index (χ4v) is 3.39. The lowest BCUT2D eigenvalue weighted by Crippen LogP contribution is -2.46. The molecule has 1 N–H and O–H groups in total. The average molecular weight is 294 g/mol. The number of carbonyl (C=O) groups is 2. The Balaban J connectivity index is 2.27. The van der Waals surface area contributed by atoms with Gasteiger partial charge in [0.25, 0.3) is 0 Å². The summed E-state index contributed by atoms with van der Waals surface area (Å²) in [5, 5.41) is 9.76. The van der Waals surface area contributed by atoms with Gasteiger partial charge in [-0.1, -0.05) is 12.8 Å². The zero-order chi connectivity index (χ0) is 15.5. The van der Waals surface area contributed by atoms with Gasteiger partial charge in [0.15, 0.2) is 5.41 Å². The summed E-state index contributed by atoms with van der Waals surface area (Å²) in [4.78, 5) is 28.4. The lowest BCUT2D eigenvalue weighted by atomic mass is 9.71. The van der Waals surface area contributed by atoms with Crippen LogP contribution < -0.4 is 0 Å². The van der Waals surface area contributed by atoms with E-state index in [1.54, 1.807) is 6.20 Å². The summed E-state index contributed by atoms with van der Waals surface area (Å²) in [6.45, 7) is 0. The average Bonchev–Trinajstić information content (AvgIpc) is 3.11. The predicted molar refractivity (Wildman–Crippen MR) is 75.6 cm³/mol. The van der Waals surface area contributed by atoms with Crippen LogP contribution in [0.3, 0.4) is 0 Å². The third-order valence-electron chi connectivity index (χ3n) is 4.65. The summed E-state index contributed by atoms with van der Waals surface area (Å²) in [5.74, 6) is -1.07. The minimum absolute atomic E-state index is 0.150. The molecular formula is C15H22N2O4. The Morgan fingerprint density at radius 3 is 2.62 bits per heavy atom. The first kappa shape index (κ1) is 15.5. The highest BCUT2D eigenvalue weighted by atomic mass is 16.5. The van der Waals surface area contributed by atoms with Gasteiger partial charge in [0, 0.05) is 25.9 Å². The van der Waals surface area contributed by atoms with Crippen molar-refractivity contribution in [1.82, 2.24) is 9.55 Å². The predicted octanol–water partition coefficient (Wildman–Crippen LogP) is 1.79. The molecule has 1 saturated carbocycles. The van der Waals surface area contributed by atoms with Crippen LogP contribution in [-0.2, 0) is 27.8 Å². The van der Waals surface area contributed by atoms with Crippen LogP contribution in [0.1, 0.15) is 37.9 Å². The lowest BCUT2D eigenvalue weighted by molar-refractivity contribution is -0.172. The van der Waals surface area contributed by atoms with Crippen LogP contribution >= 0.6 is 0 Å². The number of aromatic nitrogens is 2. The second kappa shape index (κ2) is 6.28. The van der Waals surface area contributed by atoms with Crippen molar-refractivity contribution in [2.75, 3.05) is 7.11 Å². The molecule has 6 heteroatoms. The highest BCUT2D eigenvalue weighted by Gasteiger charge is 2.53. The molecule has 21 heavy (non-hydrogen) atoms. The summed E-state index contributed by atoms with van der Waals surface area (Å²) in [7, 11) is 3.12. The number of imidazole rings is 1. The van der Waals surface area contributed by atoms with Crippen molar-refractivity contribution in [3.63, 3.8) is 0 Å². The van der Waals surface area contributed by atoms with Gasteiger partial charge in [0.1, 0.15) is 5.82 Å². The maximum absolute atomic E-state index is 12.3. The van der Waals surface area contributed by atoms with Crippen molar-refractivity contribution >= 4 is 11.9 Å². The Morgan fingerprint density at radius 2 is 2.14 bits per heavy atom. The quantitative estimate of drug-likeness (QED) is 0.639. The fraction of sp³-hybridized carbons (Fsp3) is 0.667. The highest BCUT2D eigenvalue weighted by Crippen LogP contribution is 2.44.